The molecule has 0 amide bonds. The van der Waals surface area contributed by atoms with Crippen LogP contribution in [0.3, 0.4) is 0 Å². The molecule has 0 aliphatic carbocycles. The van der Waals surface area contributed by atoms with Gasteiger partial charge in [-0.25, -0.2) is 18.1 Å². The van der Waals surface area contributed by atoms with Crippen LogP contribution in [0, 0.1) is 5.41 Å². The van der Waals surface area contributed by atoms with Crippen molar-refractivity contribution >= 4 is 32.1 Å². The lowest BCUT2D eigenvalue weighted by Crippen LogP contribution is -2.41. The fraction of sp³-hybridized carbons (Fsp3) is 0.545. The normalized spacial score (nSPS) is 14.9. The number of nitrogens with one attached hydrogen (secondary N) is 1. The number of hydrogen-bond acceptors (Lipinski definition) is 5. The molecule has 2 aromatic rings. The minimum absolute atomic E-state index is 0.0138. The maximum absolute atomic E-state index is 12.4. The highest BCUT2D eigenvalue weighted by molar-refractivity contribution is 7.89. The number of nitrogen functional groups attached to an aromatic ring is 1. The van der Waals surface area contributed by atoms with Gasteiger partial charge in [0.2, 0.25) is 0 Å². The van der Waals surface area contributed by atoms with Crippen molar-refractivity contribution in [2.45, 2.75) is 38.8 Å². The van der Waals surface area contributed by atoms with E-state index in [9.17, 15) is 8.42 Å². The molecule has 0 aliphatic heterocycles. The van der Waals surface area contributed by atoms with Crippen LogP contribution in [0.1, 0.15) is 27.7 Å². The Bertz CT molecular complexity index is 694. The summed E-state index contributed by atoms with van der Waals surface area (Å²) in [6.07, 6.45) is 1.65. The van der Waals surface area contributed by atoms with Crippen molar-refractivity contribution in [3.05, 3.63) is 11.6 Å². The molecule has 2 rings (SSSR count). The molecule has 3 N–H and O–H groups in total. The quantitative estimate of drug-likeness (QED) is 0.903. The summed E-state index contributed by atoms with van der Waals surface area (Å²) in [7, 11) is -3.69. The first kappa shape index (κ1) is 14.3. The Morgan fingerprint density at radius 1 is 1.47 bits per heavy atom. The summed E-state index contributed by atoms with van der Waals surface area (Å²) >= 11 is 1.34. The Labute approximate surface area is 116 Å². The second-order valence-corrected chi connectivity index (χ2v) is 8.07. The van der Waals surface area contributed by atoms with E-state index in [0.717, 1.165) is 0 Å². The number of fused-ring (bicyclic) bond motifs is 1. The first-order chi connectivity index (χ1) is 8.63. The van der Waals surface area contributed by atoms with Gasteiger partial charge in [0.25, 0.3) is 10.0 Å². The van der Waals surface area contributed by atoms with E-state index in [1.807, 2.05) is 27.7 Å². The first-order valence-corrected chi connectivity index (χ1v) is 8.22. The Morgan fingerprint density at radius 2 is 2.11 bits per heavy atom. The second kappa shape index (κ2) is 4.46. The molecule has 1 unspecified atom stereocenters. The lowest BCUT2D eigenvalue weighted by atomic mass is 9.89. The maximum atomic E-state index is 12.4. The Morgan fingerprint density at radius 3 is 2.68 bits per heavy atom. The largest absolute Gasteiger partial charge is 0.381 e. The van der Waals surface area contributed by atoms with E-state index < -0.39 is 10.0 Å². The third kappa shape index (κ3) is 2.60. The van der Waals surface area contributed by atoms with Crippen molar-refractivity contribution in [2.24, 2.45) is 5.41 Å². The van der Waals surface area contributed by atoms with Crippen LogP contribution in [-0.2, 0) is 10.0 Å². The third-order valence-corrected chi connectivity index (χ3v) is 5.46. The van der Waals surface area contributed by atoms with Gasteiger partial charge in [-0.2, -0.15) is 0 Å². The molecular weight excluding hydrogens is 284 g/mol. The van der Waals surface area contributed by atoms with Crippen molar-refractivity contribution in [3.8, 4) is 0 Å². The minimum atomic E-state index is -3.69. The van der Waals surface area contributed by atoms with Gasteiger partial charge in [0, 0.05) is 17.6 Å². The van der Waals surface area contributed by atoms with Crippen molar-refractivity contribution in [1.82, 2.24) is 14.1 Å². The fourth-order valence-electron chi connectivity index (χ4n) is 1.51. The zero-order chi connectivity index (χ0) is 14.4. The minimum Gasteiger partial charge on any atom is -0.381 e. The number of sulfonamides is 1. The van der Waals surface area contributed by atoms with Crippen LogP contribution in [0.2, 0.25) is 0 Å². The molecule has 106 valence electrons. The van der Waals surface area contributed by atoms with Gasteiger partial charge in [0.1, 0.15) is 0 Å². The highest BCUT2D eigenvalue weighted by Crippen LogP contribution is 2.25. The predicted molar refractivity (Wildman–Crippen MR) is 76.7 cm³/mol. The molecule has 0 radical (unpaired) electrons. The van der Waals surface area contributed by atoms with Gasteiger partial charge in [-0.15, -0.1) is 11.3 Å². The summed E-state index contributed by atoms with van der Waals surface area (Å²) in [4.78, 5) is 4.62. The lowest BCUT2D eigenvalue weighted by molar-refractivity contribution is 0.317. The third-order valence-electron chi connectivity index (χ3n) is 3.13. The van der Waals surface area contributed by atoms with Gasteiger partial charge in [-0.05, 0) is 12.3 Å². The average molecular weight is 302 g/mol. The molecule has 0 spiro atoms. The molecule has 0 saturated heterocycles. The average Bonchev–Trinajstić information content (AvgIpc) is 2.73. The van der Waals surface area contributed by atoms with Crippen LogP contribution in [0.15, 0.2) is 16.6 Å². The van der Waals surface area contributed by atoms with Gasteiger partial charge in [-0.3, -0.25) is 4.40 Å². The number of rotatable bonds is 3. The molecule has 0 bridgehead atoms. The van der Waals surface area contributed by atoms with Crippen molar-refractivity contribution in [3.63, 3.8) is 0 Å². The van der Waals surface area contributed by atoms with E-state index in [0.29, 0.717) is 4.96 Å². The molecule has 0 aromatic carbocycles. The summed E-state index contributed by atoms with van der Waals surface area (Å²) < 4.78 is 29.0. The summed E-state index contributed by atoms with van der Waals surface area (Å²) in [5, 5.41) is 1.79. The van der Waals surface area contributed by atoms with Gasteiger partial charge in [0.05, 0.1) is 0 Å². The smallest absolute Gasteiger partial charge is 0.260 e. The SMILES string of the molecule is CC(NS(=O)(=O)c1c(N)nc2sccn12)C(C)(C)C. The van der Waals surface area contributed by atoms with Crippen LogP contribution >= 0.6 is 11.3 Å². The van der Waals surface area contributed by atoms with E-state index in [4.69, 9.17) is 5.73 Å². The van der Waals surface area contributed by atoms with E-state index >= 15 is 0 Å². The van der Waals surface area contributed by atoms with Gasteiger partial charge in [-0.1, -0.05) is 20.8 Å². The Hall–Kier alpha value is -1.12. The zero-order valence-electron chi connectivity index (χ0n) is 11.3. The lowest BCUT2D eigenvalue weighted by Gasteiger charge is -2.27. The standard InChI is InChI=1S/C11H18N4O2S2/c1-7(11(2,3)4)14-19(16,17)9-8(12)13-10-15(9)5-6-18-10/h5-7,14H,12H2,1-4H3. The number of anilines is 1. The molecule has 8 heteroatoms. The highest BCUT2D eigenvalue weighted by atomic mass is 32.2. The topological polar surface area (TPSA) is 89.5 Å². The summed E-state index contributed by atoms with van der Waals surface area (Å²) in [5.41, 5.74) is 5.54. The molecule has 0 aliphatic rings. The molecule has 19 heavy (non-hydrogen) atoms. The van der Waals surface area contributed by atoms with Crippen LogP contribution in [-0.4, -0.2) is 23.8 Å². The Kier molecular flexibility index (Phi) is 3.36. The fourth-order valence-corrected chi connectivity index (χ4v) is 3.95. The molecular formula is C11H18N4O2S2. The molecule has 1 atom stereocenters. The summed E-state index contributed by atoms with van der Waals surface area (Å²) in [5.74, 6) is 0.0282. The maximum Gasteiger partial charge on any atom is 0.260 e. The summed E-state index contributed by atoms with van der Waals surface area (Å²) in [6, 6.07) is -0.221. The van der Waals surface area contributed by atoms with Crippen molar-refractivity contribution in [2.75, 3.05) is 5.73 Å². The van der Waals surface area contributed by atoms with Crippen LogP contribution in [0.25, 0.3) is 4.96 Å². The number of thiazole rings is 1. The highest BCUT2D eigenvalue weighted by Gasteiger charge is 2.30. The van der Waals surface area contributed by atoms with Crippen LogP contribution in [0.4, 0.5) is 5.82 Å². The molecule has 2 aromatic heterocycles. The van der Waals surface area contributed by atoms with Gasteiger partial charge in [0.15, 0.2) is 15.8 Å². The number of imidazole rings is 1. The number of hydrogen-bond donors (Lipinski definition) is 2. The van der Waals surface area contributed by atoms with Crippen molar-refractivity contribution in [1.29, 1.82) is 0 Å². The molecule has 2 heterocycles. The van der Waals surface area contributed by atoms with Gasteiger partial charge >= 0.3 is 0 Å². The van der Waals surface area contributed by atoms with E-state index in [-0.39, 0.29) is 22.3 Å². The first-order valence-electron chi connectivity index (χ1n) is 5.86. The Balaban J connectivity index is 2.45. The van der Waals surface area contributed by atoms with Crippen LogP contribution in [0.5, 0.6) is 0 Å². The van der Waals surface area contributed by atoms with Gasteiger partial charge < -0.3 is 5.73 Å². The monoisotopic (exact) mass is 302 g/mol. The molecule has 0 fully saturated rings. The van der Waals surface area contributed by atoms with E-state index in [1.54, 1.807) is 11.6 Å². The molecule has 0 saturated carbocycles. The molecule has 6 nitrogen and oxygen atoms in total. The number of nitrogens with two attached hydrogens (primary N) is 1. The second-order valence-electron chi connectivity index (χ2n) is 5.57. The number of nitrogens with zero attached hydrogens (tertiary/aromatic N) is 2. The van der Waals surface area contributed by atoms with E-state index in [1.165, 1.54) is 15.7 Å². The zero-order valence-corrected chi connectivity index (χ0v) is 13.0. The number of aromatic nitrogens is 2. The van der Waals surface area contributed by atoms with Crippen molar-refractivity contribution < 1.29 is 8.42 Å². The predicted octanol–water partition coefficient (Wildman–Crippen LogP) is 1.69. The van der Waals surface area contributed by atoms with Crippen LogP contribution < -0.4 is 10.5 Å². The summed E-state index contributed by atoms with van der Waals surface area (Å²) in [6.45, 7) is 7.75. The van der Waals surface area contributed by atoms with E-state index in [2.05, 4.69) is 9.71 Å².